The fourth-order valence-corrected chi connectivity index (χ4v) is 2.94. The first-order valence-electron chi connectivity index (χ1n) is 5.33. The second-order valence-electron chi connectivity index (χ2n) is 4.12. The summed E-state index contributed by atoms with van der Waals surface area (Å²) in [7, 11) is 1.69. The van der Waals surface area contributed by atoms with Crippen molar-refractivity contribution in [3.05, 3.63) is 27.7 Å². The molecule has 0 aliphatic rings. The van der Waals surface area contributed by atoms with E-state index in [9.17, 15) is 13.2 Å². The highest BCUT2D eigenvalue weighted by atomic mass is 79.9. The zero-order chi connectivity index (χ0) is 14.7. The summed E-state index contributed by atoms with van der Waals surface area (Å²) in [6.07, 6.45) is -3.21. The summed E-state index contributed by atoms with van der Waals surface area (Å²) in [5.41, 5.74) is 0.766. The Morgan fingerprint density at radius 2 is 2.00 bits per heavy atom. The minimum atomic E-state index is -4.66. The molecule has 0 N–H and O–H groups in total. The van der Waals surface area contributed by atoms with Crippen molar-refractivity contribution >= 4 is 49.3 Å². The molecule has 0 aliphatic carbocycles. The summed E-state index contributed by atoms with van der Waals surface area (Å²) in [6, 6.07) is 1.72. The summed E-state index contributed by atoms with van der Waals surface area (Å²) < 4.78 is 40.4. The summed E-state index contributed by atoms with van der Waals surface area (Å²) in [5, 5.41) is 4.59. The second kappa shape index (κ2) is 4.29. The zero-order valence-electron chi connectivity index (χ0n) is 9.83. The number of aromatic nitrogens is 4. The highest BCUT2D eigenvalue weighted by molar-refractivity contribution is 9.10. The van der Waals surface area contributed by atoms with Crippen LogP contribution in [0.25, 0.3) is 21.8 Å². The summed E-state index contributed by atoms with van der Waals surface area (Å²) >= 11 is 9.15. The number of benzene rings is 1. The van der Waals surface area contributed by atoms with Crippen LogP contribution in [-0.4, -0.2) is 19.7 Å². The summed E-state index contributed by atoms with van der Waals surface area (Å²) in [6.45, 7) is 0. The van der Waals surface area contributed by atoms with Gasteiger partial charge in [-0.15, -0.1) is 0 Å². The SMILES string of the molecule is Cn1ncc2c3nc(C(F)(F)F)nc(Cl)c3c(Br)cc21. The van der Waals surface area contributed by atoms with Crippen LogP contribution in [-0.2, 0) is 13.2 Å². The Labute approximate surface area is 123 Å². The average molecular weight is 366 g/mol. The van der Waals surface area contributed by atoms with Gasteiger partial charge < -0.3 is 0 Å². The predicted molar refractivity (Wildman–Crippen MR) is 71.5 cm³/mol. The highest BCUT2D eigenvalue weighted by Gasteiger charge is 2.36. The fourth-order valence-electron chi connectivity index (χ4n) is 1.96. The van der Waals surface area contributed by atoms with Crippen LogP contribution in [0.15, 0.2) is 16.7 Å². The van der Waals surface area contributed by atoms with Crippen LogP contribution in [0.5, 0.6) is 0 Å². The number of rotatable bonds is 0. The first kappa shape index (κ1) is 13.6. The van der Waals surface area contributed by atoms with Crippen LogP contribution < -0.4 is 0 Å². The molecule has 3 aromatic rings. The maximum Gasteiger partial charge on any atom is 0.451 e. The molecule has 0 saturated heterocycles. The molecule has 2 aromatic heterocycles. The van der Waals surface area contributed by atoms with E-state index in [0.717, 1.165) is 0 Å². The standard InChI is InChI=1S/C11H5BrClF3N4/c1-20-6-2-5(12)7-8(4(6)3-17-20)18-10(11(14,15)16)19-9(7)13/h2-3H,1H3. The van der Waals surface area contributed by atoms with Gasteiger partial charge in [0.05, 0.1) is 22.6 Å². The lowest BCUT2D eigenvalue weighted by atomic mass is 10.2. The van der Waals surface area contributed by atoms with Crippen LogP contribution in [0.4, 0.5) is 13.2 Å². The Hall–Kier alpha value is -1.41. The molecule has 9 heteroatoms. The molecule has 0 aliphatic heterocycles. The molecule has 1 aromatic carbocycles. The van der Waals surface area contributed by atoms with Gasteiger partial charge in [0.1, 0.15) is 5.15 Å². The van der Waals surface area contributed by atoms with Gasteiger partial charge in [0, 0.05) is 16.9 Å². The third-order valence-corrected chi connectivity index (χ3v) is 3.76. The Kier molecular flexibility index (Phi) is 2.91. The summed E-state index contributed by atoms with van der Waals surface area (Å²) in [4.78, 5) is 6.92. The fraction of sp³-hybridized carbons (Fsp3) is 0.182. The molecule has 0 radical (unpaired) electrons. The van der Waals surface area contributed by atoms with Gasteiger partial charge in [-0.05, 0) is 22.0 Å². The number of fused-ring (bicyclic) bond motifs is 3. The molecule has 0 spiro atoms. The van der Waals surface area contributed by atoms with Crippen molar-refractivity contribution in [3.8, 4) is 0 Å². The lowest BCUT2D eigenvalue weighted by Crippen LogP contribution is -2.11. The van der Waals surface area contributed by atoms with E-state index < -0.39 is 12.0 Å². The van der Waals surface area contributed by atoms with Gasteiger partial charge in [-0.3, -0.25) is 4.68 Å². The molecule has 0 atom stereocenters. The molecule has 0 saturated carbocycles. The van der Waals surface area contributed by atoms with Crippen LogP contribution >= 0.6 is 27.5 Å². The Balaban J connectivity index is 2.53. The number of halogens is 5. The van der Waals surface area contributed by atoms with Crippen molar-refractivity contribution in [2.75, 3.05) is 0 Å². The van der Waals surface area contributed by atoms with Crippen molar-refractivity contribution in [1.29, 1.82) is 0 Å². The van der Waals surface area contributed by atoms with E-state index in [1.54, 1.807) is 17.8 Å². The van der Waals surface area contributed by atoms with Crippen molar-refractivity contribution in [2.24, 2.45) is 7.05 Å². The second-order valence-corrected chi connectivity index (χ2v) is 5.33. The number of hydrogen-bond donors (Lipinski definition) is 0. The van der Waals surface area contributed by atoms with Crippen molar-refractivity contribution < 1.29 is 13.2 Å². The van der Waals surface area contributed by atoms with E-state index in [-0.39, 0.29) is 10.7 Å². The molecular weight excluding hydrogens is 360 g/mol. The number of hydrogen-bond acceptors (Lipinski definition) is 3. The smallest absolute Gasteiger partial charge is 0.268 e. The molecule has 0 unspecified atom stereocenters. The molecule has 3 rings (SSSR count). The van der Waals surface area contributed by atoms with Gasteiger partial charge in [0.2, 0.25) is 5.82 Å². The molecule has 0 bridgehead atoms. The molecule has 0 amide bonds. The normalized spacial score (nSPS) is 12.5. The van der Waals surface area contributed by atoms with Crippen LogP contribution in [0, 0.1) is 0 Å². The van der Waals surface area contributed by atoms with Gasteiger partial charge >= 0.3 is 6.18 Å². The molecule has 4 nitrogen and oxygen atoms in total. The van der Waals surface area contributed by atoms with Gasteiger partial charge in [0.25, 0.3) is 0 Å². The number of alkyl halides is 3. The van der Waals surface area contributed by atoms with E-state index in [1.807, 2.05) is 0 Å². The molecular formula is C11H5BrClF3N4. The van der Waals surface area contributed by atoms with Gasteiger partial charge in [-0.2, -0.15) is 18.3 Å². The van der Waals surface area contributed by atoms with E-state index in [2.05, 4.69) is 31.0 Å². The highest BCUT2D eigenvalue weighted by Crippen LogP contribution is 2.37. The first-order chi connectivity index (χ1) is 9.29. The zero-order valence-corrected chi connectivity index (χ0v) is 12.2. The number of aryl methyl sites for hydroxylation is 1. The minimum Gasteiger partial charge on any atom is -0.268 e. The topological polar surface area (TPSA) is 43.6 Å². The molecule has 2 heterocycles. The maximum absolute atomic E-state index is 12.8. The summed E-state index contributed by atoms with van der Waals surface area (Å²) in [5.74, 6) is -1.27. The van der Waals surface area contributed by atoms with E-state index in [0.29, 0.717) is 20.8 Å². The third-order valence-electron chi connectivity index (χ3n) is 2.86. The predicted octanol–water partition coefficient (Wildman–Crippen LogP) is 3.95. The first-order valence-corrected chi connectivity index (χ1v) is 6.51. The lowest BCUT2D eigenvalue weighted by Gasteiger charge is -2.09. The maximum atomic E-state index is 12.8. The van der Waals surface area contributed by atoms with E-state index >= 15 is 0 Å². The Morgan fingerprint density at radius 1 is 1.30 bits per heavy atom. The van der Waals surface area contributed by atoms with Gasteiger partial charge in [-0.1, -0.05) is 11.6 Å². The van der Waals surface area contributed by atoms with E-state index in [4.69, 9.17) is 11.6 Å². The van der Waals surface area contributed by atoms with Crippen molar-refractivity contribution in [2.45, 2.75) is 6.18 Å². The third kappa shape index (κ3) is 1.94. The van der Waals surface area contributed by atoms with Gasteiger partial charge in [0.15, 0.2) is 0 Å². The van der Waals surface area contributed by atoms with Crippen molar-refractivity contribution in [1.82, 2.24) is 19.7 Å². The Bertz CT molecular complexity index is 843. The van der Waals surface area contributed by atoms with E-state index in [1.165, 1.54) is 6.20 Å². The van der Waals surface area contributed by atoms with Crippen LogP contribution in [0.2, 0.25) is 5.15 Å². The van der Waals surface area contributed by atoms with Crippen molar-refractivity contribution in [3.63, 3.8) is 0 Å². The molecule has 0 fully saturated rings. The Morgan fingerprint density at radius 3 is 2.65 bits per heavy atom. The molecule has 104 valence electrons. The quantitative estimate of drug-likeness (QED) is 0.567. The monoisotopic (exact) mass is 364 g/mol. The largest absolute Gasteiger partial charge is 0.451 e. The number of nitrogens with zero attached hydrogens (tertiary/aromatic N) is 4. The van der Waals surface area contributed by atoms with Crippen LogP contribution in [0.1, 0.15) is 5.82 Å². The van der Waals surface area contributed by atoms with Gasteiger partial charge in [-0.25, -0.2) is 9.97 Å². The lowest BCUT2D eigenvalue weighted by molar-refractivity contribution is -0.144. The molecule has 20 heavy (non-hydrogen) atoms. The van der Waals surface area contributed by atoms with Crippen LogP contribution in [0.3, 0.4) is 0 Å². The average Bonchev–Trinajstić information content (AvgIpc) is 2.69. The minimum absolute atomic E-state index is 0.120.